The van der Waals surface area contributed by atoms with E-state index in [0.29, 0.717) is 11.4 Å². The predicted molar refractivity (Wildman–Crippen MR) is 129 cm³/mol. The molecular formula is C27H24N4O. The molecule has 0 spiro atoms. The molecule has 158 valence electrons. The number of anilines is 1. The highest BCUT2D eigenvalue weighted by molar-refractivity contribution is 6.03. The van der Waals surface area contributed by atoms with Crippen molar-refractivity contribution in [3.63, 3.8) is 0 Å². The standard InChI is InChI=1S/C27H24N4O/c1-27(2,3)19-11-9-18(10-12-19)25-24-8-6-16-31(24)23-14-13-20(17-22(23)30-25)29-26(32)21-7-4-5-15-28-21/h4-17H,1-3H3,(H,29,32). The number of carbonyl (C=O) groups excluding carboxylic acids is 1. The normalized spacial score (nSPS) is 11.7. The van der Waals surface area contributed by atoms with Crippen molar-refractivity contribution in [2.45, 2.75) is 26.2 Å². The highest BCUT2D eigenvalue weighted by atomic mass is 16.1. The van der Waals surface area contributed by atoms with E-state index in [1.807, 2.05) is 30.5 Å². The van der Waals surface area contributed by atoms with Crippen molar-refractivity contribution in [1.29, 1.82) is 0 Å². The van der Waals surface area contributed by atoms with Gasteiger partial charge in [0.2, 0.25) is 0 Å². The van der Waals surface area contributed by atoms with Crippen LogP contribution in [-0.2, 0) is 5.41 Å². The van der Waals surface area contributed by atoms with Crippen LogP contribution in [0.15, 0.2) is 85.2 Å². The van der Waals surface area contributed by atoms with Gasteiger partial charge in [0.25, 0.3) is 5.91 Å². The number of carbonyl (C=O) groups is 1. The Kier molecular flexibility index (Phi) is 4.74. The van der Waals surface area contributed by atoms with Crippen LogP contribution in [0.4, 0.5) is 5.69 Å². The highest BCUT2D eigenvalue weighted by Gasteiger charge is 2.15. The first-order chi connectivity index (χ1) is 15.4. The Morgan fingerprint density at radius 2 is 1.72 bits per heavy atom. The van der Waals surface area contributed by atoms with Crippen molar-refractivity contribution < 1.29 is 4.79 Å². The number of aromatic nitrogens is 3. The van der Waals surface area contributed by atoms with Crippen molar-refractivity contribution in [3.05, 3.63) is 96.4 Å². The van der Waals surface area contributed by atoms with Crippen LogP contribution >= 0.6 is 0 Å². The zero-order chi connectivity index (χ0) is 22.3. The highest BCUT2D eigenvalue weighted by Crippen LogP contribution is 2.30. The molecular weight excluding hydrogens is 396 g/mol. The average Bonchev–Trinajstić information content (AvgIpc) is 3.29. The van der Waals surface area contributed by atoms with Crippen LogP contribution in [0.5, 0.6) is 0 Å². The van der Waals surface area contributed by atoms with E-state index in [9.17, 15) is 4.79 Å². The molecule has 5 nitrogen and oxygen atoms in total. The third-order valence-corrected chi connectivity index (χ3v) is 5.64. The lowest BCUT2D eigenvalue weighted by Gasteiger charge is -2.19. The molecule has 2 aromatic carbocycles. The molecule has 0 bridgehead atoms. The van der Waals surface area contributed by atoms with Gasteiger partial charge in [0.1, 0.15) is 5.69 Å². The lowest BCUT2D eigenvalue weighted by Crippen LogP contribution is -2.13. The minimum absolute atomic E-state index is 0.0977. The number of hydrogen-bond donors (Lipinski definition) is 1. The molecule has 0 aliphatic carbocycles. The minimum atomic E-state index is -0.245. The fourth-order valence-corrected chi connectivity index (χ4v) is 3.89. The minimum Gasteiger partial charge on any atom is -0.321 e. The van der Waals surface area contributed by atoms with Crippen molar-refractivity contribution in [1.82, 2.24) is 14.4 Å². The molecule has 0 fully saturated rings. The van der Waals surface area contributed by atoms with Crippen LogP contribution in [0, 0.1) is 0 Å². The monoisotopic (exact) mass is 420 g/mol. The molecule has 0 atom stereocenters. The van der Waals surface area contributed by atoms with Crippen molar-refractivity contribution in [2.75, 3.05) is 5.32 Å². The first-order valence-electron chi connectivity index (χ1n) is 10.6. The van der Waals surface area contributed by atoms with Gasteiger partial charge in [0, 0.05) is 23.6 Å². The van der Waals surface area contributed by atoms with Gasteiger partial charge in [-0.1, -0.05) is 51.1 Å². The molecule has 5 heteroatoms. The zero-order valence-electron chi connectivity index (χ0n) is 18.3. The average molecular weight is 421 g/mol. The molecule has 5 aromatic rings. The molecule has 5 rings (SSSR count). The Hall–Kier alpha value is -3.99. The molecule has 0 aliphatic heterocycles. The zero-order valence-corrected chi connectivity index (χ0v) is 18.3. The van der Waals surface area contributed by atoms with Crippen molar-refractivity contribution in [3.8, 4) is 11.3 Å². The van der Waals surface area contributed by atoms with Crippen molar-refractivity contribution in [2.24, 2.45) is 0 Å². The topological polar surface area (TPSA) is 59.3 Å². The van der Waals surface area contributed by atoms with Crippen LogP contribution in [0.3, 0.4) is 0 Å². The summed E-state index contributed by atoms with van der Waals surface area (Å²) in [5.41, 5.74) is 7.25. The summed E-state index contributed by atoms with van der Waals surface area (Å²) in [6.07, 6.45) is 3.65. The fraction of sp³-hybridized carbons (Fsp3) is 0.148. The van der Waals surface area contributed by atoms with Gasteiger partial charge >= 0.3 is 0 Å². The van der Waals surface area contributed by atoms with Crippen LogP contribution < -0.4 is 5.32 Å². The van der Waals surface area contributed by atoms with Gasteiger partial charge in [0.15, 0.2) is 0 Å². The van der Waals surface area contributed by atoms with E-state index in [-0.39, 0.29) is 11.3 Å². The number of nitrogens with one attached hydrogen (secondary N) is 1. The van der Waals surface area contributed by atoms with Gasteiger partial charge < -0.3 is 9.72 Å². The summed E-state index contributed by atoms with van der Waals surface area (Å²) >= 11 is 0. The maximum absolute atomic E-state index is 12.5. The summed E-state index contributed by atoms with van der Waals surface area (Å²) < 4.78 is 2.14. The number of hydrogen-bond acceptors (Lipinski definition) is 3. The largest absolute Gasteiger partial charge is 0.321 e. The van der Waals surface area contributed by atoms with Gasteiger partial charge in [-0.3, -0.25) is 9.78 Å². The number of benzene rings is 2. The molecule has 1 amide bonds. The third kappa shape index (κ3) is 3.62. The van der Waals surface area contributed by atoms with E-state index in [4.69, 9.17) is 4.98 Å². The fourth-order valence-electron chi connectivity index (χ4n) is 3.89. The van der Waals surface area contributed by atoms with Crippen LogP contribution in [0.1, 0.15) is 36.8 Å². The molecule has 0 saturated heterocycles. The lowest BCUT2D eigenvalue weighted by atomic mass is 9.86. The van der Waals surface area contributed by atoms with E-state index in [1.54, 1.807) is 24.4 Å². The smallest absolute Gasteiger partial charge is 0.274 e. The Labute approximate surface area is 186 Å². The third-order valence-electron chi connectivity index (χ3n) is 5.64. The van der Waals surface area contributed by atoms with E-state index >= 15 is 0 Å². The molecule has 0 saturated carbocycles. The maximum Gasteiger partial charge on any atom is 0.274 e. The van der Waals surface area contributed by atoms with Gasteiger partial charge in [-0.05, 0) is 53.4 Å². The van der Waals surface area contributed by atoms with Crippen LogP contribution in [0.25, 0.3) is 27.8 Å². The van der Waals surface area contributed by atoms with E-state index < -0.39 is 0 Å². The Morgan fingerprint density at radius 1 is 0.906 bits per heavy atom. The SMILES string of the molecule is CC(C)(C)c1ccc(-c2nc3cc(NC(=O)c4ccccn4)ccc3n3cccc23)cc1. The van der Waals surface area contributed by atoms with Gasteiger partial charge in [-0.15, -0.1) is 0 Å². The number of nitrogens with zero attached hydrogens (tertiary/aromatic N) is 3. The summed E-state index contributed by atoms with van der Waals surface area (Å²) in [4.78, 5) is 21.6. The van der Waals surface area contributed by atoms with E-state index in [0.717, 1.165) is 27.8 Å². The van der Waals surface area contributed by atoms with E-state index in [2.05, 4.69) is 65.8 Å². The summed E-state index contributed by atoms with van der Waals surface area (Å²) in [5, 5.41) is 2.92. The molecule has 0 unspecified atom stereocenters. The second-order valence-corrected chi connectivity index (χ2v) is 8.92. The summed E-state index contributed by atoms with van der Waals surface area (Å²) in [5.74, 6) is -0.245. The molecule has 1 N–H and O–H groups in total. The van der Waals surface area contributed by atoms with Gasteiger partial charge in [-0.25, -0.2) is 4.98 Å². The predicted octanol–water partition coefficient (Wildman–Crippen LogP) is 6.10. The molecule has 32 heavy (non-hydrogen) atoms. The quantitative estimate of drug-likeness (QED) is 0.384. The first kappa shape index (κ1) is 19.9. The molecule has 3 aromatic heterocycles. The Morgan fingerprint density at radius 3 is 2.44 bits per heavy atom. The van der Waals surface area contributed by atoms with E-state index in [1.165, 1.54) is 5.56 Å². The number of fused-ring (bicyclic) bond motifs is 3. The Balaban J connectivity index is 1.58. The molecule has 0 radical (unpaired) electrons. The maximum atomic E-state index is 12.5. The second-order valence-electron chi connectivity index (χ2n) is 8.92. The molecule has 3 heterocycles. The van der Waals surface area contributed by atoms with Gasteiger partial charge in [0.05, 0.1) is 22.2 Å². The van der Waals surface area contributed by atoms with Crippen LogP contribution in [-0.4, -0.2) is 20.3 Å². The first-order valence-corrected chi connectivity index (χ1v) is 10.6. The summed E-state index contributed by atoms with van der Waals surface area (Å²) in [6, 6.07) is 23.8. The number of pyridine rings is 1. The Bertz CT molecular complexity index is 1430. The summed E-state index contributed by atoms with van der Waals surface area (Å²) in [7, 11) is 0. The summed E-state index contributed by atoms with van der Waals surface area (Å²) in [6.45, 7) is 6.63. The van der Waals surface area contributed by atoms with Gasteiger partial charge in [-0.2, -0.15) is 0 Å². The second kappa shape index (κ2) is 7.61. The molecule has 0 aliphatic rings. The number of rotatable bonds is 3. The number of amides is 1. The van der Waals surface area contributed by atoms with Crippen LogP contribution in [0.2, 0.25) is 0 Å². The lowest BCUT2D eigenvalue weighted by molar-refractivity contribution is 0.102. The van der Waals surface area contributed by atoms with Crippen molar-refractivity contribution >= 4 is 28.1 Å².